The third kappa shape index (κ3) is 3.27. The maximum Gasteiger partial charge on any atom is 0.311 e. The Balaban J connectivity index is 2.02. The molecule has 0 aliphatic heterocycles. The SMILES string of the molecule is Cc1cnn(CCNc2nc(C)ccc2[N+](=O)[O-])c1. The van der Waals surface area contributed by atoms with Crippen LogP contribution in [0.3, 0.4) is 0 Å². The van der Waals surface area contributed by atoms with Gasteiger partial charge in [-0.2, -0.15) is 5.10 Å². The highest BCUT2D eigenvalue weighted by atomic mass is 16.6. The molecule has 0 aliphatic rings. The average molecular weight is 261 g/mol. The van der Waals surface area contributed by atoms with E-state index >= 15 is 0 Å². The van der Waals surface area contributed by atoms with Crippen molar-refractivity contribution in [2.75, 3.05) is 11.9 Å². The summed E-state index contributed by atoms with van der Waals surface area (Å²) in [6.07, 6.45) is 3.69. The summed E-state index contributed by atoms with van der Waals surface area (Å²) in [4.78, 5) is 14.6. The van der Waals surface area contributed by atoms with Gasteiger partial charge < -0.3 is 5.32 Å². The molecule has 7 nitrogen and oxygen atoms in total. The highest BCUT2D eigenvalue weighted by Crippen LogP contribution is 2.21. The average Bonchev–Trinajstić information content (AvgIpc) is 2.75. The Morgan fingerprint density at radius 2 is 2.21 bits per heavy atom. The summed E-state index contributed by atoms with van der Waals surface area (Å²) >= 11 is 0. The van der Waals surface area contributed by atoms with E-state index in [0.717, 1.165) is 11.3 Å². The summed E-state index contributed by atoms with van der Waals surface area (Å²) in [5.41, 5.74) is 1.81. The minimum atomic E-state index is -0.438. The molecule has 0 unspecified atom stereocenters. The molecule has 0 fully saturated rings. The summed E-state index contributed by atoms with van der Waals surface area (Å²) in [7, 11) is 0. The molecule has 0 aliphatic carbocycles. The fourth-order valence-electron chi connectivity index (χ4n) is 1.70. The van der Waals surface area contributed by atoms with Crippen LogP contribution in [0.1, 0.15) is 11.3 Å². The Hall–Kier alpha value is -2.44. The van der Waals surface area contributed by atoms with Crippen LogP contribution in [0.4, 0.5) is 11.5 Å². The van der Waals surface area contributed by atoms with Gasteiger partial charge in [-0.3, -0.25) is 14.8 Å². The van der Waals surface area contributed by atoms with Crippen LogP contribution in [0.2, 0.25) is 0 Å². The van der Waals surface area contributed by atoms with Gasteiger partial charge >= 0.3 is 5.69 Å². The van der Waals surface area contributed by atoms with E-state index in [9.17, 15) is 10.1 Å². The second kappa shape index (κ2) is 5.47. The van der Waals surface area contributed by atoms with Crippen LogP contribution >= 0.6 is 0 Å². The molecule has 7 heteroatoms. The molecule has 2 aromatic rings. The molecule has 100 valence electrons. The van der Waals surface area contributed by atoms with E-state index in [-0.39, 0.29) is 5.69 Å². The van der Waals surface area contributed by atoms with Gasteiger partial charge in [-0.05, 0) is 25.5 Å². The van der Waals surface area contributed by atoms with Crippen molar-refractivity contribution >= 4 is 11.5 Å². The summed E-state index contributed by atoms with van der Waals surface area (Å²) in [5.74, 6) is 0.300. The second-order valence-corrected chi connectivity index (χ2v) is 4.29. The van der Waals surface area contributed by atoms with E-state index in [1.807, 2.05) is 13.1 Å². The first-order valence-corrected chi connectivity index (χ1v) is 5.91. The van der Waals surface area contributed by atoms with E-state index in [2.05, 4.69) is 15.4 Å². The molecular formula is C12H15N5O2. The predicted molar refractivity (Wildman–Crippen MR) is 71.1 cm³/mol. The smallest absolute Gasteiger partial charge is 0.311 e. The number of rotatable bonds is 5. The summed E-state index contributed by atoms with van der Waals surface area (Å²) < 4.78 is 1.78. The zero-order chi connectivity index (χ0) is 13.8. The van der Waals surface area contributed by atoms with E-state index in [1.165, 1.54) is 6.07 Å². The largest absolute Gasteiger partial charge is 0.362 e. The normalized spacial score (nSPS) is 10.4. The number of hydrogen-bond acceptors (Lipinski definition) is 5. The molecule has 0 spiro atoms. The van der Waals surface area contributed by atoms with Gasteiger partial charge in [-0.25, -0.2) is 4.98 Å². The van der Waals surface area contributed by atoms with Gasteiger partial charge in [0.25, 0.3) is 0 Å². The molecule has 0 atom stereocenters. The quantitative estimate of drug-likeness (QED) is 0.656. The van der Waals surface area contributed by atoms with E-state index < -0.39 is 4.92 Å². The van der Waals surface area contributed by atoms with Gasteiger partial charge in [0.1, 0.15) is 0 Å². The van der Waals surface area contributed by atoms with Crippen molar-refractivity contribution in [3.05, 3.63) is 45.9 Å². The lowest BCUT2D eigenvalue weighted by Gasteiger charge is -2.07. The van der Waals surface area contributed by atoms with Gasteiger partial charge in [0.15, 0.2) is 0 Å². The second-order valence-electron chi connectivity index (χ2n) is 4.29. The third-order valence-corrected chi connectivity index (χ3v) is 2.61. The summed E-state index contributed by atoms with van der Waals surface area (Å²) in [5, 5.41) is 18.0. The Bertz CT molecular complexity index is 594. The molecule has 0 amide bonds. The number of aryl methyl sites for hydroxylation is 2. The van der Waals surface area contributed by atoms with Crippen LogP contribution in [0.5, 0.6) is 0 Å². The molecule has 2 heterocycles. The van der Waals surface area contributed by atoms with Crippen LogP contribution in [0.25, 0.3) is 0 Å². The number of anilines is 1. The minimum Gasteiger partial charge on any atom is -0.362 e. The van der Waals surface area contributed by atoms with Gasteiger partial charge in [-0.15, -0.1) is 0 Å². The molecule has 1 N–H and O–H groups in total. The standard InChI is InChI=1S/C12H15N5O2/c1-9-7-14-16(8-9)6-5-13-12-11(17(18)19)4-3-10(2)15-12/h3-4,7-8H,5-6H2,1-2H3,(H,13,15). The molecule has 2 rings (SSSR count). The van der Waals surface area contributed by atoms with Crippen molar-refractivity contribution in [2.24, 2.45) is 0 Å². The maximum atomic E-state index is 10.9. The highest BCUT2D eigenvalue weighted by molar-refractivity contribution is 5.55. The van der Waals surface area contributed by atoms with E-state index in [4.69, 9.17) is 0 Å². The zero-order valence-corrected chi connectivity index (χ0v) is 10.8. The zero-order valence-electron chi connectivity index (χ0n) is 10.8. The number of pyridine rings is 1. The Kier molecular flexibility index (Phi) is 3.74. The fourth-order valence-corrected chi connectivity index (χ4v) is 1.70. The molecule has 19 heavy (non-hydrogen) atoms. The van der Waals surface area contributed by atoms with Gasteiger partial charge in [0, 0.05) is 24.5 Å². The lowest BCUT2D eigenvalue weighted by Crippen LogP contribution is -2.13. The van der Waals surface area contributed by atoms with Crippen LogP contribution in [-0.4, -0.2) is 26.2 Å². The number of aromatic nitrogens is 3. The third-order valence-electron chi connectivity index (χ3n) is 2.61. The van der Waals surface area contributed by atoms with E-state index in [0.29, 0.717) is 18.9 Å². The number of nitrogens with zero attached hydrogens (tertiary/aromatic N) is 4. The molecule has 0 radical (unpaired) electrons. The van der Waals surface area contributed by atoms with Crippen LogP contribution < -0.4 is 5.32 Å². The maximum absolute atomic E-state index is 10.9. The minimum absolute atomic E-state index is 0.0118. The van der Waals surface area contributed by atoms with Crippen molar-refractivity contribution in [1.29, 1.82) is 0 Å². The van der Waals surface area contributed by atoms with Gasteiger partial charge in [-0.1, -0.05) is 0 Å². The Labute approximate surface area is 110 Å². The molecule has 0 saturated heterocycles. The van der Waals surface area contributed by atoms with Crippen LogP contribution in [0.15, 0.2) is 24.5 Å². The fraction of sp³-hybridized carbons (Fsp3) is 0.333. The highest BCUT2D eigenvalue weighted by Gasteiger charge is 2.14. The molecule has 0 aromatic carbocycles. The first kappa shape index (κ1) is 13.0. The van der Waals surface area contributed by atoms with Gasteiger partial charge in [0.2, 0.25) is 5.82 Å². The van der Waals surface area contributed by atoms with Crippen LogP contribution in [-0.2, 0) is 6.54 Å². The molecule has 0 saturated carbocycles. The van der Waals surface area contributed by atoms with Crippen LogP contribution in [0, 0.1) is 24.0 Å². The van der Waals surface area contributed by atoms with Crippen molar-refractivity contribution < 1.29 is 4.92 Å². The number of nitro groups is 1. The predicted octanol–water partition coefficient (Wildman–Crippen LogP) is 1.92. The summed E-state index contributed by atoms with van der Waals surface area (Å²) in [6.45, 7) is 4.91. The van der Waals surface area contributed by atoms with Crippen molar-refractivity contribution in [3.63, 3.8) is 0 Å². The number of nitrogens with one attached hydrogen (secondary N) is 1. The molecule has 0 bridgehead atoms. The van der Waals surface area contributed by atoms with Crippen molar-refractivity contribution in [2.45, 2.75) is 20.4 Å². The van der Waals surface area contributed by atoms with Crippen molar-refractivity contribution in [3.8, 4) is 0 Å². The Morgan fingerprint density at radius 3 is 2.84 bits per heavy atom. The number of hydrogen-bond donors (Lipinski definition) is 1. The molecular weight excluding hydrogens is 246 g/mol. The first-order valence-electron chi connectivity index (χ1n) is 5.91. The van der Waals surface area contributed by atoms with Gasteiger partial charge in [0.05, 0.1) is 17.7 Å². The lowest BCUT2D eigenvalue weighted by molar-refractivity contribution is -0.384. The van der Waals surface area contributed by atoms with E-state index in [1.54, 1.807) is 23.9 Å². The summed E-state index contributed by atoms with van der Waals surface area (Å²) in [6, 6.07) is 3.09. The Morgan fingerprint density at radius 1 is 1.42 bits per heavy atom. The monoisotopic (exact) mass is 261 g/mol. The lowest BCUT2D eigenvalue weighted by atomic mass is 10.3. The van der Waals surface area contributed by atoms with Crippen molar-refractivity contribution in [1.82, 2.24) is 14.8 Å². The topological polar surface area (TPSA) is 85.9 Å². The first-order chi connectivity index (χ1) is 9.06. The molecule has 2 aromatic heterocycles.